The summed E-state index contributed by atoms with van der Waals surface area (Å²) in [6.45, 7) is 6.59. The lowest BCUT2D eigenvalue weighted by Crippen LogP contribution is -2.48. The summed E-state index contributed by atoms with van der Waals surface area (Å²) in [5.41, 5.74) is 1.78. The van der Waals surface area contributed by atoms with Crippen molar-refractivity contribution < 1.29 is 14.7 Å². The van der Waals surface area contributed by atoms with Crippen LogP contribution >= 0.6 is 23.2 Å². The molecule has 3 N–H and O–H groups in total. The van der Waals surface area contributed by atoms with Gasteiger partial charge in [0, 0.05) is 24.2 Å². The van der Waals surface area contributed by atoms with E-state index in [0.29, 0.717) is 40.8 Å². The van der Waals surface area contributed by atoms with Crippen molar-refractivity contribution in [2.75, 3.05) is 11.9 Å². The maximum absolute atomic E-state index is 13.0. The van der Waals surface area contributed by atoms with Crippen molar-refractivity contribution in [3.8, 4) is 0 Å². The number of carbonyl (C=O) groups is 2. The first kappa shape index (κ1) is 25.3. The minimum atomic E-state index is -0.861. The number of carbonyl (C=O) groups excluding carboxylic acids is 2. The molecule has 8 heteroatoms. The Morgan fingerprint density at radius 3 is 2.42 bits per heavy atom. The molecule has 0 unspecified atom stereocenters. The number of halogens is 2. The van der Waals surface area contributed by atoms with Crippen LogP contribution in [0.1, 0.15) is 57.3 Å². The molecule has 0 aliphatic carbocycles. The minimum absolute atomic E-state index is 0.0171. The van der Waals surface area contributed by atoms with Crippen molar-refractivity contribution in [2.24, 2.45) is 5.41 Å². The van der Waals surface area contributed by atoms with Gasteiger partial charge in [-0.3, -0.25) is 4.79 Å². The predicted molar refractivity (Wildman–Crippen MR) is 133 cm³/mol. The van der Waals surface area contributed by atoms with E-state index in [1.165, 1.54) is 0 Å². The van der Waals surface area contributed by atoms with Gasteiger partial charge < -0.3 is 20.6 Å². The number of piperidine rings is 1. The average molecular weight is 492 g/mol. The van der Waals surface area contributed by atoms with E-state index in [-0.39, 0.29) is 18.0 Å². The quantitative estimate of drug-likeness (QED) is 0.495. The molecule has 6 nitrogen and oxygen atoms in total. The standard InChI is InChI=1S/C25H31Cl2N3O3/c1-25(2,3)23(32)28-15-16-7-10-18(11-8-16)29-24(33)30-13-5-4-6-21(30)22(31)17-9-12-19(26)20(27)14-17/h7-12,14,21-22,31H,4-6,13,15H2,1-3H3,(H,28,32)(H,29,33)/t21-,22+/m0/s1. The van der Waals surface area contributed by atoms with Crippen LogP contribution < -0.4 is 10.6 Å². The summed E-state index contributed by atoms with van der Waals surface area (Å²) < 4.78 is 0. The van der Waals surface area contributed by atoms with E-state index in [9.17, 15) is 14.7 Å². The number of aliphatic hydroxyl groups excluding tert-OH is 1. The first-order valence-electron chi connectivity index (χ1n) is 11.1. The van der Waals surface area contributed by atoms with Crippen molar-refractivity contribution >= 4 is 40.8 Å². The highest BCUT2D eigenvalue weighted by Gasteiger charge is 2.33. The Hall–Kier alpha value is -2.28. The summed E-state index contributed by atoms with van der Waals surface area (Å²) in [4.78, 5) is 26.8. The number of aliphatic hydroxyl groups is 1. The fourth-order valence-electron chi connectivity index (χ4n) is 3.80. The molecule has 2 aromatic carbocycles. The second kappa shape index (κ2) is 10.8. The largest absolute Gasteiger partial charge is 0.386 e. The molecule has 178 valence electrons. The van der Waals surface area contributed by atoms with Gasteiger partial charge >= 0.3 is 6.03 Å². The summed E-state index contributed by atoms with van der Waals surface area (Å²) in [5.74, 6) is -0.0171. The molecule has 1 heterocycles. The third-order valence-corrected chi connectivity index (χ3v) is 6.54. The molecule has 0 radical (unpaired) electrons. The first-order valence-corrected chi connectivity index (χ1v) is 11.9. The van der Waals surface area contributed by atoms with Crippen LogP contribution in [0.4, 0.5) is 10.5 Å². The molecule has 3 amide bonds. The lowest BCUT2D eigenvalue weighted by molar-refractivity contribution is -0.128. The highest BCUT2D eigenvalue weighted by molar-refractivity contribution is 6.42. The number of nitrogens with zero attached hydrogens (tertiary/aromatic N) is 1. The van der Waals surface area contributed by atoms with E-state index in [4.69, 9.17) is 23.2 Å². The van der Waals surface area contributed by atoms with Crippen LogP contribution in [0, 0.1) is 5.41 Å². The molecule has 2 atom stereocenters. The van der Waals surface area contributed by atoms with Crippen molar-refractivity contribution in [3.05, 3.63) is 63.6 Å². The normalized spacial score (nSPS) is 17.4. The highest BCUT2D eigenvalue weighted by atomic mass is 35.5. The summed E-state index contributed by atoms with van der Waals surface area (Å²) in [7, 11) is 0. The van der Waals surface area contributed by atoms with Gasteiger partial charge in [-0.1, -0.05) is 62.2 Å². The summed E-state index contributed by atoms with van der Waals surface area (Å²) in [5, 5.41) is 17.6. The van der Waals surface area contributed by atoms with Crippen LogP contribution in [-0.2, 0) is 11.3 Å². The van der Waals surface area contributed by atoms with Gasteiger partial charge in [0.15, 0.2) is 0 Å². The Bertz CT molecular complexity index is 989. The average Bonchev–Trinajstić information content (AvgIpc) is 2.79. The maximum atomic E-state index is 13.0. The second-order valence-electron chi connectivity index (χ2n) is 9.43. The predicted octanol–water partition coefficient (Wildman–Crippen LogP) is 5.78. The number of nitrogens with one attached hydrogen (secondary N) is 2. The third-order valence-electron chi connectivity index (χ3n) is 5.80. The molecule has 1 aliphatic rings. The number of hydrogen-bond acceptors (Lipinski definition) is 3. The number of urea groups is 1. The van der Waals surface area contributed by atoms with Crippen molar-refractivity contribution in [2.45, 2.75) is 58.7 Å². The molecule has 1 saturated heterocycles. The maximum Gasteiger partial charge on any atom is 0.322 e. The molecule has 0 aromatic heterocycles. The lowest BCUT2D eigenvalue weighted by Gasteiger charge is -2.38. The van der Waals surface area contributed by atoms with E-state index in [0.717, 1.165) is 18.4 Å². The van der Waals surface area contributed by atoms with Crippen LogP contribution in [0.3, 0.4) is 0 Å². The number of amides is 3. The van der Waals surface area contributed by atoms with Crippen LogP contribution in [0.2, 0.25) is 10.0 Å². The van der Waals surface area contributed by atoms with Gasteiger partial charge in [0.05, 0.1) is 22.2 Å². The van der Waals surface area contributed by atoms with Gasteiger partial charge in [0.25, 0.3) is 0 Å². The number of hydrogen-bond donors (Lipinski definition) is 3. The molecule has 33 heavy (non-hydrogen) atoms. The Balaban J connectivity index is 1.64. The van der Waals surface area contributed by atoms with E-state index < -0.39 is 11.5 Å². The van der Waals surface area contributed by atoms with Crippen LogP contribution in [0.25, 0.3) is 0 Å². The molecule has 1 aliphatic heterocycles. The smallest absolute Gasteiger partial charge is 0.322 e. The van der Waals surface area contributed by atoms with Crippen LogP contribution in [0.15, 0.2) is 42.5 Å². The zero-order valence-electron chi connectivity index (χ0n) is 19.2. The molecule has 3 rings (SSSR count). The second-order valence-corrected chi connectivity index (χ2v) is 10.2. The molecule has 1 fully saturated rings. The Morgan fingerprint density at radius 2 is 1.79 bits per heavy atom. The van der Waals surface area contributed by atoms with E-state index >= 15 is 0 Å². The van der Waals surface area contributed by atoms with Gasteiger partial charge in [-0.15, -0.1) is 0 Å². The van der Waals surface area contributed by atoms with Crippen molar-refractivity contribution in [3.63, 3.8) is 0 Å². The molecule has 0 bridgehead atoms. The first-order chi connectivity index (χ1) is 15.6. The van der Waals surface area contributed by atoms with Gasteiger partial charge in [-0.05, 0) is 54.7 Å². The number of benzene rings is 2. The molecule has 0 spiro atoms. The molecular weight excluding hydrogens is 461 g/mol. The fourth-order valence-corrected chi connectivity index (χ4v) is 4.11. The number of rotatable bonds is 5. The lowest BCUT2D eigenvalue weighted by atomic mass is 9.93. The third kappa shape index (κ3) is 6.62. The number of likely N-dealkylation sites (tertiary alicyclic amines) is 1. The van der Waals surface area contributed by atoms with Crippen LogP contribution in [-0.4, -0.2) is 34.5 Å². The van der Waals surface area contributed by atoms with E-state index in [2.05, 4.69) is 10.6 Å². The molecule has 2 aromatic rings. The van der Waals surface area contributed by atoms with Crippen molar-refractivity contribution in [1.29, 1.82) is 0 Å². The summed E-state index contributed by atoms with van der Waals surface area (Å²) >= 11 is 12.1. The Labute approximate surface area is 205 Å². The van der Waals surface area contributed by atoms with Gasteiger partial charge in [0.2, 0.25) is 5.91 Å². The van der Waals surface area contributed by atoms with Gasteiger partial charge in [-0.2, -0.15) is 0 Å². The number of anilines is 1. The zero-order valence-corrected chi connectivity index (χ0v) is 20.7. The van der Waals surface area contributed by atoms with E-state index in [1.807, 2.05) is 45.0 Å². The van der Waals surface area contributed by atoms with Gasteiger partial charge in [0.1, 0.15) is 0 Å². The van der Waals surface area contributed by atoms with E-state index in [1.54, 1.807) is 23.1 Å². The Morgan fingerprint density at radius 1 is 1.09 bits per heavy atom. The topological polar surface area (TPSA) is 81.7 Å². The fraction of sp³-hybridized carbons (Fsp3) is 0.440. The molecular formula is C25H31Cl2N3O3. The Kier molecular flexibility index (Phi) is 8.27. The highest BCUT2D eigenvalue weighted by Crippen LogP contribution is 2.32. The summed E-state index contributed by atoms with van der Waals surface area (Å²) in [6, 6.07) is 11.8. The zero-order chi connectivity index (χ0) is 24.2. The van der Waals surface area contributed by atoms with Gasteiger partial charge in [-0.25, -0.2) is 4.79 Å². The SMILES string of the molecule is CC(C)(C)C(=O)NCc1ccc(NC(=O)N2CCCC[C@H]2[C@H](O)c2ccc(Cl)c(Cl)c2)cc1. The minimum Gasteiger partial charge on any atom is -0.386 e. The summed E-state index contributed by atoms with van der Waals surface area (Å²) in [6.07, 6.45) is 1.65. The van der Waals surface area contributed by atoms with Crippen molar-refractivity contribution in [1.82, 2.24) is 10.2 Å². The monoisotopic (exact) mass is 491 g/mol. The van der Waals surface area contributed by atoms with Crippen LogP contribution in [0.5, 0.6) is 0 Å². The molecule has 0 saturated carbocycles.